The summed E-state index contributed by atoms with van der Waals surface area (Å²) in [6.45, 7) is 2.53. The molecule has 1 atom stereocenters. The standard InChI is InChI=1S/C9H11BrO3S/c1-2-5-13-8-4-3-7(10)6-9(8)14(11)12/h3-4,6H,2,5H2,1H3,(H,11,12). The third kappa shape index (κ3) is 3.08. The first-order chi connectivity index (χ1) is 6.65. The van der Waals surface area contributed by atoms with Gasteiger partial charge in [-0.3, -0.25) is 0 Å². The smallest absolute Gasteiger partial charge is 0.190 e. The average molecular weight is 279 g/mol. The summed E-state index contributed by atoms with van der Waals surface area (Å²) >= 11 is 1.22. The molecule has 1 rings (SSSR count). The average Bonchev–Trinajstić information content (AvgIpc) is 2.15. The molecule has 0 spiro atoms. The van der Waals surface area contributed by atoms with E-state index in [1.165, 1.54) is 0 Å². The number of halogens is 1. The fourth-order valence-electron chi connectivity index (χ4n) is 0.950. The number of benzene rings is 1. The van der Waals surface area contributed by atoms with Gasteiger partial charge < -0.3 is 9.29 Å². The number of hydrogen-bond acceptors (Lipinski definition) is 2. The molecule has 0 heterocycles. The van der Waals surface area contributed by atoms with E-state index in [1.807, 2.05) is 6.92 Å². The molecule has 0 aromatic heterocycles. The first kappa shape index (κ1) is 11.7. The molecule has 1 aromatic carbocycles. The summed E-state index contributed by atoms with van der Waals surface area (Å²) in [5.41, 5.74) is 0. The van der Waals surface area contributed by atoms with Crippen molar-refractivity contribution in [3.63, 3.8) is 0 Å². The van der Waals surface area contributed by atoms with E-state index < -0.39 is 11.1 Å². The first-order valence-electron chi connectivity index (χ1n) is 4.18. The lowest BCUT2D eigenvalue weighted by atomic mass is 10.3. The van der Waals surface area contributed by atoms with Crippen molar-refractivity contribution in [3.05, 3.63) is 22.7 Å². The quantitative estimate of drug-likeness (QED) is 0.862. The van der Waals surface area contributed by atoms with Crippen LogP contribution in [-0.2, 0) is 11.1 Å². The lowest BCUT2D eigenvalue weighted by Crippen LogP contribution is -2.00. The van der Waals surface area contributed by atoms with Crippen LogP contribution in [0.5, 0.6) is 5.75 Å². The van der Waals surface area contributed by atoms with Crippen LogP contribution in [0.4, 0.5) is 0 Å². The molecule has 3 nitrogen and oxygen atoms in total. The van der Waals surface area contributed by atoms with Gasteiger partial charge in [-0.15, -0.1) is 0 Å². The molecular formula is C9H11BrO3S. The Morgan fingerprint density at radius 3 is 2.86 bits per heavy atom. The van der Waals surface area contributed by atoms with E-state index in [9.17, 15) is 4.21 Å². The normalized spacial score (nSPS) is 12.5. The molecule has 78 valence electrons. The highest BCUT2D eigenvalue weighted by Crippen LogP contribution is 2.25. The molecule has 0 amide bonds. The van der Waals surface area contributed by atoms with Crippen molar-refractivity contribution < 1.29 is 13.5 Å². The van der Waals surface area contributed by atoms with Gasteiger partial charge >= 0.3 is 0 Å². The summed E-state index contributed by atoms with van der Waals surface area (Å²) in [5.74, 6) is 0.468. The maximum absolute atomic E-state index is 10.9. The van der Waals surface area contributed by atoms with Gasteiger partial charge in [0.2, 0.25) is 0 Å². The van der Waals surface area contributed by atoms with Crippen LogP contribution in [0.25, 0.3) is 0 Å². The second kappa shape index (κ2) is 5.48. The molecule has 0 aliphatic rings. The molecule has 0 radical (unpaired) electrons. The van der Waals surface area contributed by atoms with Crippen molar-refractivity contribution in [2.75, 3.05) is 6.61 Å². The maximum Gasteiger partial charge on any atom is 0.190 e. The molecule has 0 saturated carbocycles. The fourth-order valence-corrected chi connectivity index (χ4v) is 1.99. The van der Waals surface area contributed by atoms with Crippen LogP contribution in [-0.4, -0.2) is 15.4 Å². The zero-order valence-corrected chi connectivity index (χ0v) is 10.1. The molecule has 0 saturated heterocycles. The van der Waals surface area contributed by atoms with Crippen molar-refractivity contribution in [2.45, 2.75) is 18.2 Å². The Balaban J connectivity index is 2.96. The SMILES string of the molecule is CCCOc1ccc(Br)cc1S(=O)O. The zero-order chi connectivity index (χ0) is 10.6. The van der Waals surface area contributed by atoms with Gasteiger partial charge in [0.05, 0.1) is 6.61 Å². The van der Waals surface area contributed by atoms with Crippen molar-refractivity contribution in [1.29, 1.82) is 0 Å². The van der Waals surface area contributed by atoms with Gasteiger partial charge in [-0.1, -0.05) is 22.9 Å². The van der Waals surface area contributed by atoms with Crippen molar-refractivity contribution in [3.8, 4) is 5.75 Å². The van der Waals surface area contributed by atoms with Gasteiger partial charge in [0, 0.05) is 4.47 Å². The molecule has 0 aliphatic carbocycles. The molecule has 1 N–H and O–H groups in total. The predicted molar refractivity (Wildman–Crippen MR) is 59.0 cm³/mol. The summed E-state index contributed by atoms with van der Waals surface area (Å²) in [4.78, 5) is 0.299. The van der Waals surface area contributed by atoms with Crippen LogP contribution in [0.3, 0.4) is 0 Å². The van der Waals surface area contributed by atoms with Crippen molar-refractivity contribution in [1.82, 2.24) is 0 Å². The van der Waals surface area contributed by atoms with Gasteiger partial charge in [0.1, 0.15) is 10.6 Å². The summed E-state index contributed by atoms with van der Waals surface area (Å²) in [7, 11) is 0. The summed E-state index contributed by atoms with van der Waals surface area (Å²) < 4.78 is 26.0. The number of hydrogen-bond donors (Lipinski definition) is 1. The maximum atomic E-state index is 10.9. The summed E-state index contributed by atoms with van der Waals surface area (Å²) in [6, 6.07) is 5.05. The highest BCUT2D eigenvalue weighted by Gasteiger charge is 2.09. The van der Waals surface area contributed by atoms with E-state index in [0.29, 0.717) is 17.3 Å². The lowest BCUT2D eigenvalue weighted by molar-refractivity contribution is 0.309. The minimum absolute atomic E-state index is 0.299. The largest absolute Gasteiger partial charge is 0.492 e. The van der Waals surface area contributed by atoms with Crippen LogP contribution in [0.2, 0.25) is 0 Å². The number of rotatable bonds is 4. The topological polar surface area (TPSA) is 46.5 Å². The van der Waals surface area contributed by atoms with E-state index in [-0.39, 0.29) is 0 Å². The van der Waals surface area contributed by atoms with Crippen LogP contribution in [0.15, 0.2) is 27.6 Å². The fraction of sp³-hybridized carbons (Fsp3) is 0.333. The Hall–Kier alpha value is -0.390. The van der Waals surface area contributed by atoms with E-state index in [0.717, 1.165) is 10.9 Å². The van der Waals surface area contributed by atoms with E-state index >= 15 is 0 Å². The minimum atomic E-state index is -2.01. The van der Waals surface area contributed by atoms with Crippen LogP contribution >= 0.6 is 15.9 Å². The Labute approximate surface area is 93.9 Å². The van der Waals surface area contributed by atoms with Crippen LogP contribution < -0.4 is 4.74 Å². The molecule has 14 heavy (non-hydrogen) atoms. The lowest BCUT2D eigenvalue weighted by Gasteiger charge is -2.08. The van der Waals surface area contributed by atoms with Gasteiger partial charge in [0.25, 0.3) is 0 Å². The van der Waals surface area contributed by atoms with Crippen LogP contribution in [0, 0.1) is 0 Å². The van der Waals surface area contributed by atoms with E-state index in [4.69, 9.17) is 9.29 Å². The molecule has 5 heteroatoms. The van der Waals surface area contributed by atoms with E-state index in [1.54, 1.807) is 18.2 Å². The van der Waals surface area contributed by atoms with Crippen LogP contribution in [0.1, 0.15) is 13.3 Å². The van der Waals surface area contributed by atoms with E-state index in [2.05, 4.69) is 15.9 Å². The molecule has 0 aliphatic heterocycles. The number of ether oxygens (including phenoxy) is 1. The first-order valence-corrected chi connectivity index (χ1v) is 6.08. The monoisotopic (exact) mass is 278 g/mol. The molecule has 1 unspecified atom stereocenters. The minimum Gasteiger partial charge on any atom is -0.492 e. The van der Waals surface area contributed by atoms with Crippen molar-refractivity contribution in [2.24, 2.45) is 0 Å². The van der Waals surface area contributed by atoms with Gasteiger partial charge in [-0.25, -0.2) is 4.21 Å². The highest BCUT2D eigenvalue weighted by molar-refractivity contribution is 9.10. The Bertz CT molecular complexity index is 341. The Morgan fingerprint density at radius 1 is 1.57 bits per heavy atom. The third-order valence-electron chi connectivity index (χ3n) is 1.56. The van der Waals surface area contributed by atoms with Gasteiger partial charge in [-0.2, -0.15) is 0 Å². The molecule has 1 aromatic rings. The summed E-state index contributed by atoms with van der Waals surface area (Å²) in [5, 5.41) is 0. The van der Waals surface area contributed by atoms with Gasteiger partial charge in [0.15, 0.2) is 11.1 Å². The highest BCUT2D eigenvalue weighted by atomic mass is 79.9. The molecule has 0 fully saturated rings. The Morgan fingerprint density at radius 2 is 2.29 bits per heavy atom. The van der Waals surface area contributed by atoms with Gasteiger partial charge in [-0.05, 0) is 24.6 Å². The second-order valence-electron chi connectivity index (χ2n) is 2.69. The second-order valence-corrected chi connectivity index (χ2v) is 4.54. The molecular weight excluding hydrogens is 268 g/mol. The zero-order valence-electron chi connectivity index (χ0n) is 7.70. The third-order valence-corrected chi connectivity index (χ3v) is 2.74. The summed E-state index contributed by atoms with van der Waals surface area (Å²) in [6.07, 6.45) is 0.869. The van der Waals surface area contributed by atoms with Crippen molar-refractivity contribution >= 4 is 27.0 Å². The predicted octanol–water partition coefficient (Wildman–Crippen LogP) is 2.82. The Kier molecular flexibility index (Phi) is 4.57. The molecule has 0 bridgehead atoms.